The topological polar surface area (TPSA) is 65.5 Å². The van der Waals surface area contributed by atoms with Crippen molar-refractivity contribution < 1.29 is 14.3 Å². The Morgan fingerprint density at radius 1 is 1.19 bits per heavy atom. The second-order valence-electron chi connectivity index (χ2n) is 7.80. The molecule has 0 radical (unpaired) electrons. The van der Waals surface area contributed by atoms with Crippen LogP contribution in [0.3, 0.4) is 0 Å². The van der Waals surface area contributed by atoms with Gasteiger partial charge in [0.05, 0.1) is 30.8 Å². The van der Waals surface area contributed by atoms with Crippen LogP contribution in [0, 0.1) is 0 Å². The fraction of sp³-hybridized carbons (Fsp3) is 0.409. The molecule has 1 amide bonds. The average Bonchev–Trinajstić information content (AvgIpc) is 3.15. The van der Waals surface area contributed by atoms with Gasteiger partial charge in [-0.25, -0.2) is 9.79 Å². The Hall–Kier alpha value is -2.29. The van der Waals surface area contributed by atoms with E-state index < -0.39 is 12.0 Å². The lowest BCUT2D eigenvalue weighted by Crippen LogP contribution is -2.47. The van der Waals surface area contributed by atoms with Gasteiger partial charge in [-0.05, 0) is 37.1 Å². The molecule has 3 aliphatic heterocycles. The summed E-state index contributed by atoms with van der Waals surface area (Å²) in [5.41, 5.74) is 2.80. The van der Waals surface area contributed by atoms with E-state index in [0.717, 1.165) is 42.6 Å². The van der Waals surface area contributed by atoms with Crippen molar-refractivity contribution in [2.45, 2.75) is 19.4 Å². The van der Waals surface area contributed by atoms with Gasteiger partial charge in [0.25, 0.3) is 0 Å². The van der Waals surface area contributed by atoms with Crippen LogP contribution in [0.1, 0.15) is 24.9 Å². The van der Waals surface area contributed by atoms with Gasteiger partial charge in [0.1, 0.15) is 0 Å². The molecule has 3 heterocycles. The Balaban J connectivity index is 1.65. The molecule has 0 N–H and O–H groups in total. The number of esters is 1. The predicted octanol–water partition coefficient (Wildman–Crippen LogP) is 3.25. The number of amidine groups is 1. The lowest BCUT2D eigenvalue weighted by atomic mass is 9.94. The highest BCUT2D eigenvalue weighted by Gasteiger charge is 2.41. The molecule has 4 rings (SSSR count). The van der Waals surface area contributed by atoms with Crippen LogP contribution in [0.5, 0.6) is 0 Å². The first-order valence-electron chi connectivity index (χ1n) is 10.1. The third kappa shape index (κ3) is 4.37. The minimum Gasteiger partial charge on any atom is -0.466 e. The molecule has 1 saturated heterocycles. The maximum atomic E-state index is 13.0. The van der Waals surface area contributed by atoms with Crippen molar-refractivity contribution >= 4 is 40.4 Å². The quantitative estimate of drug-likeness (QED) is 0.642. The number of carbonyl (C=O) groups excluding carboxylic acids is 2. The number of halogens is 1. The number of nitrogens with zero attached hydrogens (tertiary/aromatic N) is 4. The molecule has 31 heavy (non-hydrogen) atoms. The summed E-state index contributed by atoms with van der Waals surface area (Å²) in [6, 6.07) is 6.96. The first-order chi connectivity index (χ1) is 14.9. The molecule has 1 fully saturated rings. The Morgan fingerprint density at radius 2 is 1.87 bits per heavy atom. The van der Waals surface area contributed by atoms with Gasteiger partial charge in [-0.3, -0.25) is 4.79 Å². The molecule has 7 nitrogen and oxygen atoms in total. The normalized spacial score (nSPS) is 21.6. The smallest absolute Gasteiger partial charge is 0.338 e. The fourth-order valence-corrected chi connectivity index (χ4v) is 5.11. The first kappa shape index (κ1) is 21.9. The summed E-state index contributed by atoms with van der Waals surface area (Å²) in [4.78, 5) is 36.5. The van der Waals surface area contributed by atoms with Crippen LogP contribution in [-0.2, 0) is 14.3 Å². The van der Waals surface area contributed by atoms with E-state index in [1.165, 1.54) is 18.9 Å². The van der Waals surface area contributed by atoms with Crippen LogP contribution in [0.4, 0.5) is 0 Å². The summed E-state index contributed by atoms with van der Waals surface area (Å²) in [5, 5.41) is 3.33. The lowest BCUT2D eigenvalue weighted by molar-refractivity contribution is -0.136. The number of allylic oxidation sites excluding steroid dienone is 1. The summed E-state index contributed by atoms with van der Waals surface area (Å²) in [6.45, 7) is 5.01. The lowest BCUT2D eigenvalue weighted by Gasteiger charge is -2.37. The number of amides is 1. The highest BCUT2D eigenvalue weighted by molar-refractivity contribution is 8.16. The number of methoxy groups -OCH3 is 1. The first-order valence-corrected chi connectivity index (χ1v) is 11.4. The minimum absolute atomic E-state index is 0.0851. The second kappa shape index (κ2) is 9.06. The summed E-state index contributed by atoms with van der Waals surface area (Å²) in [5.74, 6) is -0.344. The molecular formula is C22H25ClN4O3S. The molecule has 0 spiro atoms. The Kier molecular flexibility index (Phi) is 6.41. The Morgan fingerprint density at radius 3 is 2.52 bits per heavy atom. The number of likely N-dealkylation sites (N-methyl/N-ethyl adjacent to an activating group) is 1. The number of thioether (sulfide) groups is 1. The summed E-state index contributed by atoms with van der Waals surface area (Å²) < 4.78 is 5.08. The average molecular weight is 461 g/mol. The van der Waals surface area contributed by atoms with E-state index in [0.29, 0.717) is 16.3 Å². The van der Waals surface area contributed by atoms with Gasteiger partial charge in [-0.1, -0.05) is 35.5 Å². The van der Waals surface area contributed by atoms with E-state index in [2.05, 4.69) is 16.9 Å². The zero-order chi connectivity index (χ0) is 22.1. The molecule has 3 aliphatic rings. The molecule has 1 aromatic rings. The maximum Gasteiger partial charge on any atom is 0.338 e. The van der Waals surface area contributed by atoms with Crippen molar-refractivity contribution in [1.29, 1.82) is 0 Å². The number of hydrogen-bond donors (Lipinski definition) is 0. The maximum absolute atomic E-state index is 13.0. The van der Waals surface area contributed by atoms with Crippen LogP contribution in [-0.4, -0.2) is 72.1 Å². The summed E-state index contributed by atoms with van der Waals surface area (Å²) in [7, 11) is 3.43. The van der Waals surface area contributed by atoms with Gasteiger partial charge in [-0.15, -0.1) is 0 Å². The van der Waals surface area contributed by atoms with E-state index >= 15 is 0 Å². The van der Waals surface area contributed by atoms with Gasteiger partial charge in [0, 0.05) is 36.9 Å². The molecule has 164 valence electrons. The van der Waals surface area contributed by atoms with E-state index in [1.54, 1.807) is 12.1 Å². The molecule has 9 heteroatoms. The summed E-state index contributed by atoms with van der Waals surface area (Å²) >= 11 is 7.57. The standard InChI is InChI=1S/C22H25ClN4O3S/c1-14-19(21(29)30-3)20(15-4-6-16(23)7-5-15)27-17(13-31-22(27)24-14)12-18(28)26-10-8-25(2)9-11-26/h4-7,13,20H,8-12H2,1-3H3. The molecule has 1 aromatic carbocycles. The van der Waals surface area contributed by atoms with Gasteiger partial charge in [0.2, 0.25) is 5.91 Å². The van der Waals surface area contributed by atoms with Crippen molar-refractivity contribution in [1.82, 2.24) is 14.7 Å². The number of aliphatic imine (C=N–C) groups is 1. The molecule has 1 unspecified atom stereocenters. The number of piperazine rings is 1. The monoisotopic (exact) mass is 460 g/mol. The molecule has 0 aromatic heterocycles. The van der Waals surface area contributed by atoms with Gasteiger partial charge in [0.15, 0.2) is 5.17 Å². The zero-order valence-electron chi connectivity index (χ0n) is 17.8. The molecular weight excluding hydrogens is 436 g/mol. The Bertz CT molecular complexity index is 981. The van der Waals surface area contributed by atoms with Crippen molar-refractivity contribution in [2.75, 3.05) is 40.3 Å². The SMILES string of the molecule is COC(=O)C1=C(C)N=C2SC=C(CC(=O)N3CCN(C)CC3)N2C1c1ccc(Cl)cc1. The highest BCUT2D eigenvalue weighted by atomic mass is 35.5. The fourth-order valence-electron chi connectivity index (χ4n) is 4.02. The minimum atomic E-state index is -0.432. The van der Waals surface area contributed by atoms with Gasteiger partial charge in [-0.2, -0.15) is 0 Å². The van der Waals surface area contributed by atoms with Crippen LogP contribution >= 0.6 is 23.4 Å². The number of carbonyl (C=O) groups is 2. The van der Waals surface area contributed by atoms with E-state index in [-0.39, 0.29) is 12.3 Å². The molecule has 1 atom stereocenters. The van der Waals surface area contributed by atoms with Gasteiger partial charge < -0.3 is 19.4 Å². The van der Waals surface area contributed by atoms with Gasteiger partial charge >= 0.3 is 5.97 Å². The van der Waals surface area contributed by atoms with Crippen LogP contribution in [0.2, 0.25) is 5.02 Å². The van der Waals surface area contributed by atoms with Crippen molar-refractivity contribution in [3.8, 4) is 0 Å². The van der Waals surface area contributed by atoms with E-state index in [1.807, 2.05) is 34.3 Å². The number of ether oxygens (including phenoxy) is 1. The number of rotatable bonds is 4. The number of hydrogen-bond acceptors (Lipinski definition) is 7. The summed E-state index contributed by atoms with van der Waals surface area (Å²) in [6.07, 6.45) is 0.257. The Labute approximate surface area is 191 Å². The van der Waals surface area contributed by atoms with Crippen molar-refractivity contribution in [2.24, 2.45) is 4.99 Å². The largest absolute Gasteiger partial charge is 0.466 e. The number of fused-ring (bicyclic) bond motifs is 1. The predicted molar refractivity (Wildman–Crippen MR) is 123 cm³/mol. The van der Waals surface area contributed by atoms with Crippen molar-refractivity contribution in [3.05, 3.63) is 57.2 Å². The van der Waals surface area contributed by atoms with Crippen LogP contribution < -0.4 is 0 Å². The third-order valence-electron chi connectivity index (χ3n) is 5.78. The van der Waals surface area contributed by atoms with Crippen LogP contribution in [0.25, 0.3) is 0 Å². The second-order valence-corrected chi connectivity index (χ2v) is 9.07. The molecule has 0 saturated carbocycles. The van der Waals surface area contributed by atoms with E-state index in [4.69, 9.17) is 16.3 Å². The number of benzene rings is 1. The van der Waals surface area contributed by atoms with E-state index in [9.17, 15) is 9.59 Å². The third-order valence-corrected chi connectivity index (χ3v) is 6.92. The molecule has 0 bridgehead atoms. The highest BCUT2D eigenvalue weighted by Crippen LogP contribution is 2.45. The molecule has 0 aliphatic carbocycles. The van der Waals surface area contributed by atoms with Crippen LogP contribution in [0.15, 0.2) is 51.6 Å². The van der Waals surface area contributed by atoms with Crippen molar-refractivity contribution in [3.63, 3.8) is 0 Å². The zero-order valence-corrected chi connectivity index (χ0v) is 19.4.